The Morgan fingerprint density at radius 3 is 3.12 bits per heavy atom. The number of carbonyl (C=O) groups excluding carboxylic acids is 1. The third kappa shape index (κ3) is 3.57. The van der Waals surface area contributed by atoms with Crippen molar-refractivity contribution < 1.29 is 4.79 Å². The lowest BCUT2D eigenvalue weighted by atomic mass is 10.2. The Hall–Kier alpha value is -1.33. The summed E-state index contributed by atoms with van der Waals surface area (Å²) in [4.78, 5) is 21.8. The maximum atomic E-state index is 11.9. The molecule has 1 aliphatic heterocycles. The predicted molar refractivity (Wildman–Crippen MR) is 64.9 cm³/mol. The molecule has 1 aromatic rings. The molecule has 0 bridgehead atoms. The molecule has 92 valence electrons. The summed E-state index contributed by atoms with van der Waals surface area (Å²) in [5.41, 5.74) is 0.443. The van der Waals surface area contributed by atoms with Crippen LogP contribution in [-0.4, -0.2) is 53.4 Å². The van der Waals surface area contributed by atoms with Crippen molar-refractivity contribution in [3.8, 4) is 0 Å². The molecule has 5 nitrogen and oxygen atoms in total. The Labute approximate surface area is 101 Å². The van der Waals surface area contributed by atoms with E-state index in [-0.39, 0.29) is 5.78 Å². The largest absolute Gasteiger partial charge is 0.313 e. The molecule has 0 amide bonds. The van der Waals surface area contributed by atoms with Crippen LogP contribution >= 0.6 is 0 Å². The van der Waals surface area contributed by atoms with Gasteiger partial charge in [0.05, 0.1) is 12.7 Å². The fourth-order valence-corrected chi connectivity index (χ4v) is 2.12. The highest BCUT2D eigenvalue weighted by atomic mass is 16.1. The zero-order chi connectivity index (χ0) is 12.1. The first-order valence-corrected chi connectivity index (χ1v) is 5.97. The standard InChI is InChI=1S/C12H18N4O/c1-16(8-10-3-2-4-14-10)9-12(17)11-7-13-5-6-15-11/h5-7,10,14H,2-4,8-9H2,1H3/t10-/m0/s1. The number of aromatic nitrogens is 2. The van der Waals surface area contributed by atoms with E-state index in [0.717, 1.165) is 13.1 Å². The fourth-order valence-electron chi connectivity index (χ4n) is 2.12. The minimum Gasteiger partial charge on any atom is -0.313 e. The number of ketones is 1. The molecule has 5 heteroatoms. The van der Waals surface area contributed by atoms with Crippen LogP contribution in [-0.2, 0) is 0 Å². The van der Waals surface area contributed by atoms with E-state index in [1.165, 1.54) is 19.0 Å². The summed E-state index contributed by atoms with van der Waals surface area (Å²) < 4.78 is 0. The van der Waals surface area contributed by atoms with Crippen molar-refractivity contribution in [2.24, 2.45) is 0 Å². The fraction of sp³-hybridized carbons (Fsp3) is 0.583. The lowest BCUT2D eigenvalue weighted by Crippen LogP contribution is -2.37. The summed E-state index contributed by atoms with van der Waals surface area (Å²) in [5, 5.41) is 3.42. The minimum atomic E-state index is 0.0265. The smallest absolute Gasteiger partial charge is 0.196 e. The van der Waals surface area contributed by atoms with Gasteiger partial charge in [-0.3, -0.25) is 14.7 Å². The molecular formula is C12H18N4O. The number of hydrogen-bond donors (Lipinski definition) is 1. The van der Waals surface area contributed by atoms with Crippen molar-refractivity contribution in [2.45, 2.75) is 18.9 Å². The third-order valence-electron chi connectivity index (χ3n) is 2.96. The van der Waals surface area contributed by atoms with Gasteiger partial charge in [-0.1, -0.05) is 0 Å². The van der Waals surface area contributed by atoms with Crippen molar-refractivity contribution in [1.29, 1.82) is 0 Å². The van der Waals surface area contributed by atoms with Gasteiger partial charge in [-0.05, 0) is 26.4 Å². The maximum Gasteiger partial charge on any atom is 0.196 e. The van der Waals surface area contributed by atoms with Crippen LogP contribution in [0.4, 0.5) is 0 Å². The van der Waals surface area contributed by atoms with Gasteiger partial charge in [-0.25, -0.2) is 4.98 Å². The van der Waals surface area contributed by atoms with E-state index < -0.39 is 0 Å². The molecule has 1 N–H and O–H groups in total. The number of likely N-dealkylation sites (N-methyl/N-ethyl adjacent to an activating group) is 1. The summed E-state index contributed by atoms with van der Waals surface area (Å²) >= 11 is 0. The van der Waals surface area contributed by atoms with Gasteiger partial charge in [-0.2, -0.15) is 0 Å². The highest BCUT2D eigenvalue weighted by Crippen LogP contribution is 2.06. The van der Waals surface area contributed by atoms with Crippen molar-refractivity contribution in [1.82, 2.24) is 20.2 Å². The molecule has 1 aliphatic rings. The number of carbonyl (C=O) groups is 1. The molecular weight excluding hydrogens is 216 g/mol. The summed E-state index contributed by atoms with van der Waals surface area (Å²) in [5.74, 6) is 0.0265. The molecule has 2 heterocycles. The maximum absolute atomic E-state index is 11.9. The number of nitrogens with one attached hydrogen (secondary N) is 1. The molecule has 1 aromatic heterocycles. The van der Waals surface area contributed by atoms with Gasteiger partial charge in [0.25, 0.3) is 0 Å². The Balaban J connectivity index is 1.81. The van der Waals surface area contributed by atoms with Crippen molar-refractivity contribution in [3.63, 3.8) is 0 Å². The Kier molecular flexibility index (Phi) is 4.17. The molecule has 0 radical (unpaired) electrons. The van der Waals surface area contributed by atoms with Crippen LogP contribution in [0.2, 0.25) is 0 Å². The van der Waals surface area contributed by atoms with Gasteiger partial charge < -0.3 is 5.32 Å². The van der Waals surface area contributed by atoms with Crippen molar-refractivity contribution >= 4 is 5.78 Å². The second kappa shape index (κ2) is 5.84. The van der Waals surface area contributed by atoms with E-state index in [1.807, 2.05) is 11.9 Å². The van der Waals surface area contributed by atoms with Crippen LogP contribution in [0.5, 0.6) is 0 Å². The lowest BCUT2D eigenvalue weighted by Gasteiger charge is -2.19. The van der Waals surface area contributed by atoms with Gasteiger partial charge in [-0.15, -0.1) is 0 Å². The molecule has 2 rings (SSSR count). The van der Waals surface area contributed by atoms with E-state index >= 15 is 0 Å². The van der Waals surface area contributed by atoms with Gasteiger partial charge in [0.2, 0.25) is 0 Å². The van der Waals surface area contributed by atoms with Crippen LogP contribution < -0.4 is 5.32 Å². The van der Waals surface area contributed by atoms with Crippen LogP contribution in [0.3, 0.4) is 0 Å². The molecule has 0 aromatic carbocycles. The van der Waals surface area contributed by atoms with E-state index in [9.17, 15) is 4.79 Å². The second-order valence-corrected chi connectivity index (χ2v) is 4.50. The molecule has 0 saturated carbocycles. The van der Waals surface area contributed by atoms with E-state index in [2.05, 4.69) is 15.3 Å². The van der Waals surface area contributed by atoms with E-state index in [1.54, 1.807) is 12.4 Å². The Morgan fingerprint density at radius 2 is 2.47 bits per heavy atom. The normalized spacial score (nSPS) is 19.8. The van der Waals surface area contributed by atoms with Crippen LogP contribution in [0, 0.1) is 0 Å². The van der Waals surface area contributed by atoms with Crippen LogP contribution in [0.1, 0.15) is 23.3 Å². The highest BCUT2D eigenvalue weighted by Gasteiger charge is 2.18. The number of rotatable bonds is 5. The second-order valence-electron chi connectivity index (χ2n) is 4.50. The highest BCUT2D eigenvalue weighted by molar-refractivity contribution is 5.95. The number of Topliss-reactive ketones (excluding diaryl/α,β-unsaturated/α-hetero) is 1. The zero-order valence-electron chi connectivity index (χ0n) is 10.1. The van der Waals surface area contributed by atoms with E-state index in [0.29, 0.717) is 18.3 Å². The average molecular weight is 234 g/mol. The predicted octanol–water partition coefficient (Wildman–Crippen LogP) is 0.343. The lowest BCUT2D eigenvalue weighted by molar-refractivity contribution is 0.0937. The van der Waals surface area contributed by atoms with E-state index in [4.69, 9.17) is 0 Å². The van der Waals surface area contributed by atoms with Gasteiger partial charge in [0, 0.05) is 25.0 Å². The molecule has 1 saturated heterocycles. The topological polar surface area (TPSA) is 58.1 Å². The molecule has 1 fully saturated rings. The number of hydrogen-bond acceptors (Lipinski definition) is 5. The summed E-state index contributed by atoms with van der Waals surface area (Å²) in [6, 6.07) is 0.523. The average Bonchev–Trinajstić information content (AvgIpc) is 2.82. The Morgan fingerprint density at radius 1 is 1.59 bits per heavy atom. The SMILES string of the molecule is CN(CC(=O)c1cnccn1)C[C@@H]1CCCN1. The minimum absolute atomic E-state index is 0.0265. The first-order valence-electron chi connectivity index (χ1n) is 5.97. The summed E-state index contributed by atoms with van der Waals surface area (Å²) in [7, 11) is 1.97. The third-order valence-corrected chi connectivity index (χ3v) is 2.96. The summed E-state index contributed by atoms with van der Waals surface area (Å²) in [6.45, 7) is 2.40. The van der Waals surface area contributed by atoms with Gasteiger partial charge in [0.15, 0.2) is 5.78 Å². The number of nitrogens with zero attached hydrogens (tertiary/aromatic N) is 3. The molecule has 0 spiro atoms. The molecule has 0 unspecified atom stereocenters. The first-order chi connectivity index (χ1) is 8.25. The van der Waals surface area contributed by atoms with Crippen LogP contribution in [0.15, 0.2) is 18.6 Å². The van der Waals surface area contributed by atoms with Gasteiger partial charge in [0.1, 0.15) is 5.69 Å². The van der Waals surface area contributed by atoms with Crippen LogP contribution in [0.25, 0.3) is 0 Å². The molecule has 1 atom stereocenters. The monoisotopic (exact) mass is 234 g/mol. The zero-order valence-corrected chi connectivity index (χ0v) is 10.1. The van der Waals surface area contributed by atoms with Gasteiger partial charge >= 0.3 is 0 Å². The van der Waals surface area contributed by atoms with Crippen molar-refractivity contribution in [2.75, 3.05) is 26.7 Å². The quantitative estimate of drug-likeness (QED) is 0.745. The molecule has 0 aliphatic carbocycles. The Bertz CT molecular complexity index is 362. The molecule has 17 heavy (non-hydrogen) atoms. The first kappa shape index (κ1) is 12.1. The van der Waals surface area contributed by atoms with Crippen molar-refractivity contribution in [3.05, 3.63) is 24.3 Å². The summed E-state index contributed by atoms with van der Waals surface area (Å²) in [6.07, 6.45) is 7.07.